The zero-order valence-corrected chi connectivity index (χ0v) is 11.3. The Morgan fingerprint density at radius 2 is 2.11 bits per heavy atom. The molecule has 0 aromatic heterocycles. The molecule has 4 aliphatic rings. The maximum atomic E-state index is 9.69. The number of phenolic OH excluding ortho intramolecular Hbond substituents is 1. The summed E-state index contributed by atoms with van der Waals surface area (Å²) < 4.78 is 5.75. The highest BCUT2D eigenvalue weighted by Gasteiger charge is 2.52. The summed E-state index contributed by atoms with van der Waals surface area (Å²) in [6.07, 6.45) is 5.51. The third kappa shape index (κ3) is 1.62. The molecule has 100 valence electrons. The lowest BCUT2D eigenvalue weighted by molar-refractivity contribution is 0.306. The molecule has 4 atom stereocenters. The zero-order valence-electron chi connectivity index (χ0n) is 11.3. The Balaban J connectivity index is 1.82. The van der Waals surface area contributed by atoms with Crippen LogP contribution in [-0.4, -0.2) is 12.2 Å². The van der Waals surface area contributed by atoms with Crippen molar-refractivity contribution in [2.24, 2.45) is 23.7 Å². The van der Waals surface area contributed by atoms with Crippen LogP contribution in [-0.2, 0) is 4.74 Å². The van der Waals surface area contributed by atoms with Crippen molar-refractivity contribution in [1.82, 2.24) is 0 Å². The van der Waals surface area contributed by atoms with Gasteiger partial charge in [0.25, 0.3) is 0 Å². The Hall–Kier alpha value is -1.44. The topological polar surface area (TPSA) is 29.5 Å². The first-order chi connectivity index (χ1) is 9.26. The van der Waals surface area contributed by atoms with E-state index in [1.165, 1.54) is 25.7 Å². The second-order valence-corrected chi connectivity index (χ2v) is 6.41. The summed E-state index contributed by atoms with van der Waals surface area (Å²) in [6.45, 7) is 0. The van der Waals surface area contributed by atoms with Gasteiger partial charge in [-0.05, 0) is 67.1 Å². The van der Waals surface area contributed by atoms with Gasteiger partial charge in [0.15, 0.2) is 0 Å². The second-order valence-electron chi connectivity index (χ2n) is 6.41. The van der Waals surface area contributed by atoms with Gasteiger partial charge in [-0.2, -0.15) is 0 Å². The van der Waals surface area contributed by atoms with Crippen molar-refractivity contribution < 1.29 is 9.84 Å². The molecule has 4 unspecified atom stereocenters. The molecular weight excluding hydrogens is 236 g/mol. The fourth-order valence-corrected chi connectivity index (χ4v) is 4.90. The van der Waals surface area contributed by atoms with E-state index in [0.29, 0.717) is 5.75 Å². The molecule has 0 aliphatic heterocycles. The number of benzene rings is 1. The molecule has 0 heterocycles. The van der Waals surface area contributed by atoms with Crippen LogP contribution in [0.15, 0.2) is 29.8 Å². The predicted octanol–water partition coefficient (Wildman–Crippen LogP) is 3.82. The van der Waals surface area contributed by atoms with E-state index in [1.807, 2.05) is 18.2 Å². The maximum absolute atomic E-state index is 9.69. The summed E-state index contributed by atoms with van der Waals surface area (Å²) in [5, 5.41) is 9.69. The Morgan fingerprint density at radius 3 is 2.84 bits per heavy atom. The molecule has 4 fully saturated rings. The number of ether oxygens (including phenoxy) is 1. The average Bonchev–Trinajstić information content (AvgIpc) is 2.81. The molecule has 5 rings (SSSR count). The minimum absolute atomic E-state index is 0.320. The third-order valence-corrected chi connectivity index (χ3v) is 5.41. The smallest absolute Gasteiger partial charge is 0.125 e. The van der Waals surface area contributed by atoms with Crippen LogP contribution in [0.1, 0.15) is 31.2 Å². The number of hydrogen-bond acceptors (Lipinski definition) is 2. The van der Waals surface area contributed by atoms with E-state index in [2.05, 4.69) is 0 Å². The summed E-state index contributed by atoms with van der Waals surface area (Å²) >= 11 is 0. The molecule has 4 aliphatic carbocycles. The van der Waals surface area contributed by atoms with E-state index in [4.69, 9.17) is 4.74 Å². The van der Waals surface area contributed by atoms with E-state index in [1.54, 1.807) is 18.7 Å². The largest absolute Gasteiger partial charge is 0.508 e. The van der Waals surface area contributed by atoms with Crippen molar-refractivity contribution in [3.63, 3.8) is 0 Å². The number of hydrogen-bond donors (Lipinski definition) is 1. The quantitative estimate of drug-likeness (QED) is 0.815. The SMILES string of the molecule is CO/C(=C1\C2CC3CC(C2)C1C3)c1cccc(O)c1. The van der Waals surface area contributed by atoms with E-state index < -0.39 is 0 Å². The van der Waals surface area contributed by atoms with Gasteiger partial charge in [0.2, 0.25) is 0 Å². The standard InChI is InChI=1S/C17H20O2/c1-19-17(11-3-2-4-14(18)9-11)16-13-6-10-5-12(8-13)15(16)7-10/h2-4,9-10,12-13,15,18H,5-8H2,1H3/b17-16+. The minimum Gasteiger partial charge on any atom is -0.508 e. The van der Waals surface area contributed by atoms with Crippen molar-refractivity contribution in [2.75, 3.05) is 7.11 Å². The summed E-state index contributed by atoms with van der Waals surface area (Å²) in [5.41, 5.74) is 2.58. The number of allylic oxidation sites excluding steroid dienone is 1. The fourth-order valence-electron chi connectivity index (χ4n) is 4.90. The Kier molecular flexibility index (Phi) is 2.41. The van der Waals surface area contributed by atoms with Crippen LogP contribution in [0, 0.1) is 23.7 Å². The highest BCUT2D eigenvalue weighted by atomic mass is 16.5. The van der Waals surface area contributed by atoms with E-state index in [9.17, 15) is 5.11 Å². The molecule has 0 saturated heterocycles. The molecule has 0 spiro atoms. The van der Waals surface area contributed by atoms with Gasteiger partial charge in [-0.1, -0.05) is 12.1 Å². The van der Waals surface area contributed by atoms with Gasteiger partial charge in [0.05, 0.1) is 7.11 Å². The van der Waals surface area contributed by atoms with Gasteiger partial charge in [-0.25, -0.2) is 0 Å². The molecule has 0 amide bonds. The van der Waals surface area contributed by atoms with Crippen LogP contribution in [0.5, 0.6) is 5.75 Å². The first-order valence-electron chi connectivity index (χ1n) is 7.33. The summed E-state index contributed by atoms with van der Waals surface area (Å²) in [4.78, 5) is 0. The van der Waals surface area contributed by atoms with Gasteiger partial charge in [-0.15, -0.1) is 0 Å². The molecule has 1 N–H and O–H groups in total. The van der Waals surface area contributed by atoms with Gasteiger partial charge < -0.3 is 9.84 Å². The summed E-state index contributed by atoms with van der Waals surface area (Å²) in [7, 11) is 1.77. The van der Waals surface area contributed by atoms with Crippen LogP contribution >= 0.6 is 0 Å². The number of phenols is 1. The average molecular weight is 256 g/mol. The lowest BCUT2D eigenvalue weighted by Gasteiger charge is -2.28. The molecule has 2 heteroatoms. The Morgan fingerprint density at radius 1 is 1.21 bits per heavy atom. The normalized spacial score (nSPS) is 37.7. The number of rotatable bonds is 2. The van der Waals surface area contributed by atoms with Gasteiger partial charge in [0.1, 0.15) is 11.5 Å². The second kappa shape index (κ2) is 4.03. The van der Waals surface area contributed by atoms with Crippen molar-refractivity contribution >= 4 is 5.76 Å². The van der Waals surface area contributed by atoms with Crippen LogP contribution in [0.4, 0.5) is 0 Å². The van der Waals surface area contributed by atoms with E-state index >= 15 is 0 Å². The molecule has 19 heavy (non-hydrogen) atoms. The van der Waals surface area contributed by atoms with Gasteiger partial charge in [0, 0.05) is 5.56 Å². The molecule has 4 bridgehead atoms. The molecule has 1 aromatic rings. The van der Waals surface area contributed by atoms with Crippen molar-refractivity contribution in [3.8, 4) is 5.75 Å². The lowest BCUT2D eigenvalue weighted by Crippen LogP contribution is -2.17. The zero-order chi connectivity index (χ0) is 13.0. The predicted molar refractivity (Wildman–Crippen MR) is 74.5 cm³/mol. The lowest BCUT2D eigenvalue weighted by atomic mass is 9.78. The summed E-state index contributed by atoms with van der Waals surface area (Å²) in [6, 6.07) is 7.48. The highest BCUT2D eigenvalue weighted by Crippen LogP contribution is 2.62. The highest BCUT2D eigenvalue weighted by molar-refractivity contribution is 5.66. The third-order valence-electron chi connectivity index (χ3n) is 5.41. The Labute approximate surface area is 114 Å². The fraction of sp³-hybridized carbons (Fsp3) is 0.529. The summed E-state index contributed by atoms with van der Waals surface area (Å²) in [5.74, 6) is 4.72. The first kappa shape index (κ1) is 11.4. The van der Waals surface area contributed by atoms with Crippen LogP contribution in [0.25, 0.3) is 5.76 Å². The minimum atomic E-state index is 0.320. The molecule has 0 radical (unpaired) electrons. The number of methoxy groups -OCH3 is 1. The van der Waals surface area contributed by atoms with Crippen LogP contribution in [0.2, 0.25) is 0 Å². The van der Waals surface area contributed by atoms with Gasteiger partial charge in [-0.3, -0.25) is 0 Å². The Bertz CT molecular complexity index is 542. The molecule has 1 aromatic carbocycles. The van der Waals surface area contributed by atoms with E-state index in [-0.39, 0.29) is 0 Å². The molecular formula is C17H20O2. The van der Waals surface area contributed by atoms with Crippen LogP contribution in [0.3, 0.4) is 0 Å². The maximum Gasteiger partial charge on any atom is 0.125 e. The van der Waals surface area contributed by atoms with Crippen molar-refractivity contribution in [2.45, 2.75) is 25.7 Å². The molecule has 4 saturated carbocycles. The monoisotopic (exact) mass is 256 g/mol. The van der Waals surface area contributed by atoms with E-state index in [0.717, 1.165) is 35.0 Å². The van der Waals surface area contributed by atoms with Crippen molar-refractivity contribution in [3.05, 3.63) is 35.4 Å². The van der Waals surface area contributed by atoms with Crippen LogP contribution < -0.4 is 0 Å². The van der Waals surface area contributed by atoms with Gasteiger partial charge >= 0.3 is 0 Å². The molecule has 2 nitrogen and oxygen atoms in total. The first-order valence-corrected chi connectivity index (χ1v) is 7.33. The number of aromatic hydroxyl groups is 1. The van der Waals surface area contributed by atoms with Crippen molar-refractivity contribution in [1.29, 1.82) is 0 Å².